The fourth-order valence-corrected chi connectivity index (χ4v) is 1.76. The molecule has 4 nitrogen and oxygen atoms in total. The third-order valence-electron chi connectivity index (χ3n) is 2.58. The number of nitrogens with two attached hydrogens (primary N) is 1. The summed E-state index contributed by atoms with van der Waals surface area (Å²) in [7, 11) is 0. The van der Waals surface area contributed by atoms with E-state index in [1.807, 2.05) is 0 Å². The van der Waals surface area contributed by atoms with Crippen LogP contribution in [0.1, 0.15) is 32.1 Å². The van der Waals surface area contributed by atoms with Gasteiger partial charge in [0, 0.05) is 5.92 Å². The van der Waals surface area contributed by atoms with E-state index >= 15 is 0 Å². The van der Waals surface area contributed by atoms with E-state index < -0.39 is 12.0 Å². The molecule has 1 atom stereocenters. The Morgan fingerprint density at radius 2 is 1.77 bits per heavy atom. The van der Waals surface area contributed by atoms with Crippen LogP contribution in [-0.2, 0) is 9.59 Å². The summed E-state index contributed by atoms with van der Waals surface area (Å²) in [5.41, 5.74) is 5.24. The lowest BCUT2D eigenvalue weighted by Gasteiger charge is -2.21. The zero-order valence-electron chi connectivity index (χ0n) is 7.53. The number of hydrogen-bond donors (Lipinski definition) is 2. The first kappa shape index (κ1) is 10.2. The number of carbonyl (C=O) groups is 2. The largest absolute Gasteiger partial charge is 0.480 e. The van der Waals surface area contributed by atoms with Crippen molar-refractivity contribution in [2.75, 3.05) is 0 Å². The molecule has 4 heteroatoms. The first-order valence-corrected chi connectivity index (χ1v) is 4.65. The minimum Gasteiger partial charge on any atom is -0.480 e. The molecule has 1 unspecified atom stereocenters. The van der Waals surface area contributed by atoms with Crippen molar-refractivity contribution in [2.24, 2.45) is 11.7 Å². The average Bonchev–Trinajstić information content (AvgIpc) is 2.17. The zero-order valence-corrected chi connectivity index (χ0v) is 7.53. The van der Waals surface area contributed by atoms with Crippen LogP contribution in [0.3, 0.4) is 0 Å². The van der Waals surface area contributed by atoms with Gasteiger partial charge in [0.1, 0.15) is 0 Å². The smallest absolute Gasteiger partial charge is 0.328 e. The number of ketones is 1. The van der Waals surface area contributed by atoms with E-state index in [0.29, 0.717) is 0 Å². The van der Waals surface area contributed by atoms with Crippen molar-refractivity contribution < 1.29 is 14.7 Å². The van der Waals surface area contributed by atoms with E-state index in [1.54, 1.807) is 0 Å². The standard InChI is InChI=1S/C9H15NO3/c10-7(9(12)13)8(11)6-4-2-1-3-5-6/h6-7H,1-5,10H2,(H,12,13). The number of hydrogen-bond acceptors (Lipinski definition) is 3. The maximum Gasteiger partial charge on any atom is 0.328 e. The van der Waals surface area contributed by atoms with Crippen LogP contribution in [-0.4, -0.2) is 22.9 Å². The summed E-state index contributed by atoms with van der Waals surface area (Å²) in [4.78, 5) is 21.9. The Morgan fingerprint density at radius 1 is 1.23 bits per heavy atom. The predicted octanol–water partition coefficient (Wildman–Crippen LogP) is 0.548. The molecule has 0 saturated heterocycles. The highest BCUT2D eigenvalue weighted by molar-refractivity contribution is 6.03. The normalized spacial score (nSPS) is 21.0. The van der Waals surface area contributed by atoms with E-state index in [1.165, 1.54) is 0 Å². The quantitative estimate of drug-likeness (QED) is 0.629. The van der Waals surface area contributed by atoms with Crippen molar-refractivity contribution in [3.63, 3.8) is 0 Å². The van der Waals surface area contributed by atoms with Crippen molar-refractivity contribution in [2.45, 2.75) is 38.1 Å². The summed E-state index contributed by atoms with van der Waals surface area (Å²) >= 11 is 0. The Hall–Kier alpha value is -0.900. The summed E-state index contributed by atoms with van der Waals surface area (Å²) in [6, 6.07) is -1.32. The van der Waals surface area contributed by atoms with Gasteiger partial charge >= 0.3 is 5.97 Å². The summed E-state index contributed by atoms with van der Waals surface area (Å²) in [6.07, 6.45) is 4.79. The second kappa shape index (κ2) is 4.37. The first-order chi connectivity index (χ1) is 6.13. The molecule has 1 aliphatic rings. The molecule has 0 aromatic carbocycles. The van der Waals surface area contributed by atoms with Crippen molar-refractivity contribution in [3.05, 3.63) is 0 Å². The Labute approximate surface area is 77.1 Å². The third kappa shape index (κ3) is 2.52. The molecule has 1 rings (SSSR count). The molecule has 3 N–H and O–H groups in total. The Balaban J connectivity index is 2.50. The van der Waals surface area contributed by atoms with Gasteiger partial charge in [0.25, 0.3) is 0 Å². The number of carboxylic acid groups (broad SMARTS) is 1. The van der Waals surface area contributed by atoms with E-state index in [2.05, 4.69) is 0 Å². The molecular formula is C9H15NO3. The van der Waals surface area contributed by atoms with Gasteiger partial charge in [-0.25, -0.2) is 0 Å². The van der Waals surface area contributed by atoms with Gasteiger partial charge in [0.2, 0.25) is 0 Å². The topological polar surface area (TPSA) is 80.4 Å². The third-order valence-corrected chi connectivity index (χ3v) is 2.58. The van der Waals surface area contributed by atoms with Crippen LogP contribution in [0.25, 0.3) is 0 Å². The van der Waals surface area contributed by atoms with Crippen LogP contribution in [0.4, 0.5) is 0 Å². The Kier molecular flexibility index (Phi) is 3.42. The van der Waals surface area contributed by atoms with Crippen LogP contribution in [0.5, 0.6) is 0 Å². The van der Waals surface area contributed by atoms with Crippen molar-refractivity contribution >= 4 is 11.8 Å². The number of carbonyl (C=O) groups excluding carboxylic acids is 1. The summed E-state index contributed by atoms with van der Waals surface area (Å²) in [5.74, 6) is -1.62. The zero-order chi connectivity index (χ0) is 9.84. The fraction of sp³-hybridized carbons (Fsp3) is 0.778. The lowest BCUT2D eigenvalue weighted by atomic mass is 9.84. The van der Waals surface area contributed by atoms with Gasteiger partial charge in [-0.05, 0) is 12.8 Å². The molecule has 1 aliphatic carbocycles. The van der Waals surface area contributed by atoms with E-state index in [4.69, 9.17) is 10.8 Å². The van der Waals surface area contributed by atoms with Crippen LogP contribution in [0, 0.1) is 5.92 Å². The molecule has 0 spiro atoms. The second-order valence-corrected chi connectivity index (χ2v) is 3.55. The van der Waals surface area contributed by atoms with Gasteiger partial charge in [0.15, 0.2) is 11.8 Å². The molecule has 0 bridgehead atoms. The lowest BCUT2D eigenvalue weighted by Crippen LogP contribution is -2.42. The molecule has 0 amide bonds. The molecule has 0 radical (unpaired) electrons. The van der Waals surface area contributed by atoms with Crippen LogP contribution >= 0.6 is 0 Å². The highest BCUT2D eigenvalue weighted by atomic mass is 16.4. The lowest BCUT2D eigenvalue weighted by molar-refractivity contribution is -0.143. The van der Waals surface area contributed by atoms with Gasteiger partial charge < -0.3 is 10.8 Å². The van der Waals surface area contributed by atoms with E-state index in [0.717, 1.165) is 32.1 Å². The van der Waals surface area contributed by atoms with Gasteiger partial charge in [-0.1, -0.05) is 19.3 Å². The molecule has 1 fully saturated rings. The minimum atomic E-state index is -1.32. The maximum absolute atomic E-state index is 11.4. The number of rotatable bonds is 3. The average molecular weight is 185 g/mol. The number of Topliss-reactive ketones (excluding diaryl/α,β-unsaturated/α-hetero) is 1. The maximum atomic E-state index is 11.4. The second-order valence-electron chi connectivity index (χ2n) is 3.55. The fourth-order valence-electron chi connectivity index (χ4n) is 1.76. The van der Waals surface area contributed by atoms with Crippen molar-refractivity contribution in [1.82, 2.24) is 0 Å². The summed E-state index contributed by atoms with van der Waals surface area (Å²) in [5, 5.41) is 8.54. The van der Waals surface area contributed by atoms with Crippen molar-refractivity contribution in [1.29, 1.82) is 0 Å². The van der Waals surface area contributed by atoms with Gasteiger partial charge in [0.05, 0.1) is 0 Å². The summed E-state index contributed by atoms with van der Waals surface area (Å²) < 4.78 is 0. The molecule has 0 aromatic heterocycles. The molecular weight excluding hydrogens is 170 g/mol. The SMILES string of the molecule is NC(C(=O)O)C(=O)C1CCCCC1. The van der Waals surface area contributed by atoms with Gasteiger partial charge in [-0.2, -0.15) is 0 Å². The highest BCUT2D eigenvalue weighted by Crippen LogP contribution is 2.24. The molecule has 0 heterocycles. The molecule has 0 aromatic rings. The molecule has 13 heavy (non-hydrogen) atoms. The summed E-state index contributed by atoms with van der Waals surface area (Å²) in [6.45, 7) is 0. The van der Waals surface area contributed by atoms with E-state index in [9.17, 15) is 9.59 Å². The van der Waals surface area contributed by atoms with Gasteiger partial charge in [-0.15, -0.1) is 0 Å². The Morgan fingerprint density at radius 3 is 2.23 bits per heavy atom. The highest BCUT2D eigenvalue weighted by Gasteiger charge is 2.29. The predicted molar refractivity (Wildman–Crippen MR) is 47.2 cm³/mol. The first-order valence-electron chi connectivity index (χ1n) is 4.65. The van der Waals surface area contributed by atoms with Gasteiger partial charge in [-0.3, -0.25) is 9.59 Å². The van der Waals surface area contributed by atoms with Crippen LogP contribution < -0.4 is 5.73 Å². The molecule has 1 saturated carbocycles. The number of aliphatic carboxylic acids is 1. The van der Waals surface area contributed by atoms with Crippen molar-refractivity contribution in [3.8, 4) is 0 Å². The Bertz CT molecular complexity index is 209. The van der Waals surface area contributed by atoms with Crippen LogP contribution in [0.2, 0.25) is 0 Å². The monoisotopic (exact) mass is 185 g/mol. The minimum absolute atomic E-state index is 0.111. The molecule has 74 valence electrons. The number of carboxylic acids is 1. The van der Waals surface area contributed by atoms with Crippen LogP contribution in [0.15, 0.2) is 0 Å². The van der Waals surface area contributed by atoms with E-state index in [-0.39, 0.29) is 11.7 Å². The molecule has 0 aliphatic heterocycles.